The molecule has 0 aromatic carbocycles. The van der Waals surface area contributed by atoms with Crippen LogP contribution >= 0.6 is 0 Å². The Balaban J connectivity index is 2.38. The number of rotatable bonds is 4. The van der Waals surface area contributed by atoms with Gasteiger partial charge in [0, 0.05) is 26.0 Å². The third-order valence-corrected chi connectivity index (χ3v) is 2.98. The first-order chi connectivity index (χ1) is 9.17. The lowest BCUT2D eigenvalue weighted by Crippen LogP contribution is -2.17. The van der Waals surface area contributed by atoms with Crippen molar-refractivity contribution in [2.75, 3.05) is 18.6 Å². The van der Waals surface area contributed by atoms with E-state index in [1.807, 2.05) is 38.6 Å². The average molecular weight is 260 g/mol. The van der Waals surface area contributed by atoms with Gasteiger partial charge in [-0.3, -0.25) is 9.67 Å². The van der Waals surface area contributed by atoms with E-state index in [0.29, 0.717) is 0 Å². The lowest BCUT2D eigenvalue weighted by atomic mass is 10.2. The molecule has 1 aliphatic rings. The summed E-state index contributed by atoms with van der Waals surface area (Å²) in [5.74, 6) is 0.851. The molecule has 0 aliphatic carbocycles. The third-order valence-electron chi connectivity index (χ3n) is 2.98. The van der Waals surface area contributed by atoms with Crippen molar-refractivity contribution >= 4 is 11.4 Å². The Morgan fingerprint density at radius 2 is 2.26 bits per heavy atom. The van der Waals surface area contributed by atoms with Gasteiger partial charge in [0.15, 0.2) is 0 Å². The van der Waals surface area contributed by atoms with E-state index in [2.05, 4.69) is 21.9 Å². The van der Waals surface area contributed by atoms with Gasteiger partial charge in [0.2, 0.25) is 0 Å². The maximum absolute atomic E-state index is 5.39. The van der Waals surface area contributed by atoms with Gasteiger partial charge in [0.25, 0.3) is 0 Å². The van der Waals surface area contributed by atoms with E-state index in [4.69, 9.17) is 4.74 Å². The van der Waals surface area contributed by atoms with Crippen LogP contribution in [0.3, 0.4) is 0 Å². The number of hydrogen-bond donors (Lipinski definition) is 0. The van der Waals surface area contributed by atoms with Crippen LogP contribution in [0.2, 0.25) is 0 Å². The molecule has 2 rings (SSSR count). The molecule has 0 amide bonds. The van der Waals surface area contributed by atoms with E-state index in [1.54, 1.807) is 11.8 Å². The van der Waals surface area contributed by atoms with E-state index in [9.17, 15) is 0 Å². The van der Waals surface area contributed by atoms with Crippen molar-refractivity contribution < 1.29 is 4.74 Å². The highest BCUT2D eigenvalue weighted by Crippen LogP contribution is 2.27. The first-order valence-corrected chi connectivity index (χ1v) is 6.43. The summed E-state index contributed by atoms with van der Waals surface area (Å²) in [6, 6.07) is 0. The number of ether oxygens (including phenoxy) is 1. The van der Waals surface area contributed by atoms with Crippen LogP contribution in [0.1, 0.15) is 20.3 Å². The van der Waals surface area contributed by atoms with Gasteiger partial charge in [0.05, 0.1) is 24.7 Å². The van der Waals surface area contributed by atoms with Crippen LogP contribution in [0.4, 0.5) is 5.69 Å². The van der Waals surface area contributed by atoms with Crippen LogP contribution < -0.4 is 4.90 Å². The molecule has 0 unspecified atom stereocenters. The first kappa shape index (κ1) is 13.4. The SMILES string of the molecule is CCCN=C1C=CN(c2cnn(C)c2)/C1=C(/C)OC. The molecule has 0 bridgehead atoms. The summed E-state index contributed by atoms with van der Waals surface area (Å²) in [5, 5.41) is 4.21. The maximum atomic E-state index is 5.39. The van der Waals surface area contributed by atoms with Crippen molar-refractivity contribution in [3.05, 3.63) is 36.1 Å². The minimum absolute atomic E-state index is 0.820. The second kappa shape index (κ2) is 5.73. The molecule has 0 atom stereocenters. The molecule has 0 saturated heterocycles. The number of aromatic nitrogens is 2. The molecule has 0 N–H and O–H groups in total. The zero-order valence-corrected chi connectivity index (χ0v) is 11.9. The number of nitrogens with zero attached hydrogens (tertiary/aromatic N) is 4. The predicted molar refractivity (Wildman–Crippen MR) is 77.1 cm³/mol. The normalized spacial score (nSPS) is 19.4. The Hall–Kier alpha value is -2.04. The Labute approximate surface area is 113 Å². The summed E-state index contributed by atoms with van der Waals surface area (Å²) in [6.07, 6.45) is 8.85. The second-order valence-electron chi connectivity index (χ2n) is 4.43. The highest BCUT2D eigenvalue weighted by atomic mass is 16.5. The van der Waals surface area contributed by atoms with Crippen molar-refractivity contribution in [1.82, 2.24) is 9.78 Å². The monoisotopic (exact) mass is 260 g/mol. The van der Waals surface area contributed by atoms with Gasteiger partial charge < -0.3 is 9.64 Å². The number of hydrogen-bond acceptors (Lipinski definition) is 4. The van der Waals surface area contributed by atoms with Crippen molar-refractivity contribution in [1.29, 1.82) is 0 Å². The molecule has 2 heterocycles. The molecule has 102 valence electrons. The Morgan fingerprint density at radius 1 is 1.47 bits per heavy atom. The molecule has 0 spiro atoms. The molecular weight excluding hydrogens is 240 g/mol. The summed E-state index contributed by atoms with van der Waals surface area (Å²) < 4.78 is 7.17. The highest BCUT2D eigenvalue weighted by molar-refractivity contribution is 6.14. The van der Waals surface area contributed by atoms with Gasteiger partial charge in [-0.05, 0) is 19.4 Å². The Bertz CT molecular complexity index is 539. The zero-order valence-electron chi connectivity index (χ0n) is 11.9. The molecule has 0 saturated carbocycles. The fraction of sp³-hybridized carbons (Fsp3) is 0.429. The lowest BCUT2D eigenvalue weighted by Gasteiger charge is -2.18. The van der Waals surface area contributed by atoms with E-state index in [-0.39, 0.29) is 0 Å². The summed E-state index contributed by atoms with van der Waals surface area (Å²) in [6.45, 7) is 4.89. The molecular formula is C14H20N4O. The Morgan fingerprint density at radius 3 is 2.84 bits per heavy atom. The molecule has 0 radical (unpaired) electrons. The highest BCUT2D eigenvalue weighted by Gasteiger charge is 2.23. The van der Waals surface area contributed by atoms with Crippen LogP contribution in [0.25, 0.3) is 0 Å². The van der Waals surface area contributed by atoms with E-state index in [1.165, 1.54) is 0 Å². The average Bonchev–Trinajstić information content (AvgIpc) is 3.01. The molecule has 19 heavy (non-hydrogen) atoms. The molecule has 0 fully saturated rings. The van der Waals surface area contributed by atoms with E-state index >= 15 is 0 Å². The van der Waals surface area contributed by atoms with Crippen LogP contribution in [-0.2, 0) is 11.8 Å². The maximum Gasteiger partial charge on any atom is 0.119 e. The molecule has 5 nitrogen and oxygen atoms in total. The number of anilines is 1. The van der Waals surface area contributed by atoms with Gasteiger partial charge in [0.1, 0.15) is 11.5 Å². The number of allylic oxidation sites excluding steroid dienone is 2. The summed E-state index contributed by atoms with van der Waals surface area (Å²) >= 11 is 0. The van der Waals surface area contributed by atoms with Crippen molar-refractivity contribution in [3.8, 4) is 0 Å². The zero-order chi connectivity index (χ0) is 13.8. The van der Waals surface area contributed by atoms with Crippen molar-refractivity contribution in [2.45, 2.75) is 20.3 Å². The quantitative estimate of drug-likeness (QED) is 0.781. The second-order valence-corrected chi connectivity index (χ2v) is 4.43. The fourth-order valence-electron chi connectivity index (χ4n) is 1.98. The fourth-order valence-corrected chi connectivity index (χ4v) is 1.98. The summed E-state index contributed by atoms with van der Waals surface area (Å²) in [7, 11) is 3.58. The smallest absolute Gasteiger partial charge is 0.119 e. The van der Waals surface area contributed by atoms with Gasteiger partial charge in [-0.2, -0.15) is 5.10 Å². The van der Waals surface area contributed by atoms with E-state index < -0.39 is 0 Å². The minimum atomic E-state index is 0.820. The molecule has 1 aliphatic heterocycles. The van der Waals surface area contributed by atoms with Crippen molar-refractivity contribution in [3.63, 3.8) is 0 Å². The third kappa shape index (κ3) is 2.70. The topological polar surface area (TPSA) is 42.7 Å². The predicted octanol–water partition coefficient (Wildman–Crippen LogP) is 2.48. The minimum Gasteiger partial charge on any atom is -0.499 e. The lowest BCUT2D eigenvalue weighted by molar-refractivity contribution is 0.290. The van der Waals surface area contributed by atoms with Gasteiger partial charge >= 0.3 is 0 Å². The van der Waals surface area contributed by atoms with E-state index in [0.717, 1.165) is 35.8 Å². The van der Waals surface area contributed by atoms with Crippen LogP contribution in [0, 0.1) is 0 Å². The number of aryl methyl sites for hydroxylation is 1. The van der Waals surface area contributed by atoms with Gasteiger partial charge in [-0.25, -0.2) is 0 Å². The van der Waals surface area contributed by atoms with Gasteiger partial charge in [-0.1, -0.05) is 6.92 Å². The van der Waals surface area contributed by atoms with Gasteiger partial charge in [-0.15, -0.1) is 0 Å². The van der Waals surface area contributed by atoms with Crippen LogP contribution in [-0.4, -0.2) is 29.1 Å². The molecule has 1 aromatic rings. The summed E-state index contributed by atoms with van der Waals surface area (Å²) in [5.41, 5.74) is 2.96. The molecule has 5 heteroatoms. The largest absolute Gasteiger partial charge is 0.499 e. The Kier molecular flexibility index (Phi) is 4.04. The number of aliphatic imine (C=N–C) groups is 1. The van der Waals surface area contributed by atoms with Crippen LogP contribution in [0.15, 0.2) is 41.1 Å². The standard InChI is InChI=1S/C14H20N4O/c1-5-7-15-13-6-8-18(14(13)11(2)19-4)12-9-16-17(3)10-12/h6,8-10H,5,7H2,1-4H3/b14-11-,15-13?. The first-order valence-electron chi connectivity index (χ1n) is 6.43. The van der Waals surface area contributed by atoms with Crippen molar-refractivity contribution in [2.24, 2.45) is 12.0 Å². The van der Waals surface area contributed by atoms with Crippen LogP contribution in [0.5, 0.6) is 0 Å². The summed E-state index contributed by atoms with van der Waals surface area (Å²) in [4.78, 5) is 6.65. The molecule has 1 aromatic heterocycles. The number of methoxy groups -OCH3 is 1.